The first-order valence-corrected chi connectivity index (χ1v) is 8.67. The topological polar surface area (TPSA) is 102 Å². The highest BCUT2D eigenvalue weighted by molar-refractivity contribution is 5.83. The fourth-order valence-electron chi connectivity index (χ4n) is 2.68. The number of hydrazine groups is 1. The van der Waals surface area contributed by atoms with Crippen LogP contribution in [0.5, 0.6) is 5.75 Å². The molecule has 0 unspecified atom stereocenters. The summed E-state index contributed by atoms with van der Waals surface area (Å²) in [5.74, 6) is -0.0967. The van der Waals surface area contributed by atoms with Gasteiger partial charge in [0.05, 0.1) is 10.9 Å². The number of amides is 2. The number of nitrogens with zero attached hydrogens (tertiary/aromatic N) is 2. The lowest BCUT2D eigenvalue weighted by atomic mass is 10.2. The Balaban J connectivity index is 1.56. The molecule has 144 valence electrons. The van der Waals surface area contributed by atoms with E-state index in [4.69, 9.17) is 4.74 Å². The fourth-order valence-corrected chi connectivity index (χ4v) is 2.68. The molecule has 0 aliphatic rings. The van der Waals surface area contributed by atoms with Gasteiger partial charge in [0.15, 0.2) is 6.61 Å². The zero-order valence-corrected chi connectivity index (χ0v) is 15.6. The lowest BCUT2D eigenvalue weighted by Crippen LogP contribution is -2.46. The van der Waals surface area contributed by atoms with Crippen LogP contribution in [0, 0.1) is 13.8 Å². The number of hydrogen-bond donors (Lipinski definition) is 2. The standard InChI is InChI=1S/C20H20N4O4/c1-13-6-5-7-15(10-13)28-12-19(26)23-22-18(25)11-24-14(2)21-17-9-4-3-8-16(17)20(24)27/h3-10H,11-12H2,1-2H3,(H,22,25)(H,23,26). The summed E-state index contributed by atoms with van der Waals surface area (Å²) in [6.45, 7) is 3.05. The number of rotatable bonds is 5. The van der Waals surface area contributed by atoms with Gasteiger partial charge in [-0.1, -0.05) is 24.3 Å². The average molecular weight is 380 g/mol. The normalized spacial score (nSPS) is 10.5. The summed E-state index contributed by atoms with van der Waals surface area (Å²) in [6, 6.07) is 14.2. The minimum Gasteiger partial charge on any atom is -0.484 e. The van der Waals surface area contributed by atoms with Crippen LogP contribution in [0.2, 0.25) is 0 Å². The van der Waals surface area contributed by atoms with E-state index in [1.165, 1.54) is 4.57 Å². The molecule has 8 heteroatoms. The Morgan fingerprint density at radius 1 is 1.04 bits per heavy atom. The van der Waals surface area contributed by atoms with Crippen molar-refractivity contribution in [3.8, 4) is 5.75 Å². The monoisotopic (exact) mass is 380 g/mol. The Kier molecular flexibility index (Phi) is 5.69. The summed E-state index contributed by atoms with van der Waals surface area (Å²) in [5.41, 5.74) is 5.81. The molecule has 28 heavy (non-hydrogen) atoms. The molecule has 0 bridgehead atoms. The van der Waals surface area contributed by atoms with Crippen molar-refractivity contribution in [3.63, 3.8) is 0 Å². The molecule has 2 N–H and O–H groups in total. The zero-order valence-electron chi connectivity index (χ0n) is 15.6. The van der Waals surface area contributed by atoms with E-state index < -0.39 is 11.8 Å². The minimum atomic E-state index is -0.550. The average Bonchev–Trinajstić information content (AvgIpc) is 2.68. The maximum Gasteiger partial charge on any atom is 0.276 e. The zero-order chi connectivity index (χ0) is 20.1. The molecular weight excluding hydrogens is 360 g/mol. The summed E-state index contributed by atoms with van der Waals surface area (Å²) < 4.78 is 6.61. The molecule has 1 aromatic heterocycles. The molecule has 1 heterocycles. The number of fused-ring (bicyclic) bond motifs is 1. The number of aryl methyl sites for hydroxylation is 2. The molecule has 0 radical (unpaired) electrons. The van der Waals surface area contributed by atoms with Gasteiger partial charge in [-0.25, -0.2) is 4.98 Å². The summed E-state index contributed by atoms with van der Waals surface area (Å²) in [5, 5.41) is 0.427. The van der Waals surface area contributed by atoms with Crippen LogP contribution in [-0.4, -0.2) is 28.0 Å². The number of carbonyl (C=O) groups is 2. The molecule has 0 saturated heterocycles. The van der Waals surface area contributed by atoms with Crippen molar-refractivity contribution in [1.82, 2.24) is 20.4 Å². The van der Waals surface area contributed by atoms with Crippen LogP contribution in [0.15, 0.2) is 53.3 Å². The summed E-state index contributed by atoms with van der Waals surface area (Å²) in [6.07, 6.45) is 0. The lowest BCUT2D eigenvalue weighted by molar-refractivity contribution is -0.130. The van der Waals surface area contributed by atoms with Crippen molar-refractivity contribution in [3.05, 3.63) is 70.3 Å². The third-order valence-electron chi connectivity index (χ3n) is 4.06. The predicted molar refractivity (Wildman–Crippen MR) is 104 cm³/mol. The smallest absolute Gasteiger partial charge is 0.276 e. The van der Waals surface area contributed by atoms with Crippen LogP contribution in [0.25, 0.3) is 10.9 Å². The molecule has 0 spiro atoms. The van der Waals surface area contributed by atoms with Crippen LogP contribution in [0.3, 0.4) is 0 Å². The third kappa shape index (κ3) is 4.53. The largest absolute Gasteiger partial charge is 0.484 e. The second-order valence-corrected chi connectivity index (χ2v) is 6.27. The molecule has 2 amide bonds. The van der Waals surface area contributed by atoms with Crippen molar-refractivity contribution < 1.29 is 14.3 Å². The highest BCUT2D eigenvalue weighted by atomic mass is 16.5. The van der Waals surface area contributed by atoms with Gasteiger partial charge < -0.3 is 4.74 Å². The van der Waals surface area contributed by atoms with Crippen LogP contribution in [0.4, 0.5) is 0 Å². The van der Waals surface area contributed by atoms with E-state index in [1.54, 1.807) is 43.3 Å². The Morgan fingerprint density at radius 2 is 1.79 bits per heavy atom. The molecule has 0 saturated carbocycles. The number of nitrogens with one attached hydrogen (secondary N) is 2. The second-order valence-electron chi connectivity index (χ2n) is 6.27. The van der Waals surface area contributed by atoms with Crippen molar-refractivity contribution >= 4 is 22.7 Å². The predicted octanol–water partition coefficient (Wildman–Crippen LogP) is 1.24. The first-order chi connectivity index (χ1) is 13.4. The maximum atomic E-state index is 12.5. The Labute approximate surface area is 161 Å². The molecule has 0 aliphatic heterocycles. The molecule has 8 nitrogen and oxygen atoms in total. The first kappa shape index (κ1) is 19.1. The maximum absolute atomic E-state index is 12.5. The molecule has 0 atom stereocenters. The number of benzene rings is 2. The van der Waals surface area contributed by atoms with Gasteiger partial charge in [-0.05, 0) is 43.7 Å². The van der Waals surface area contributed by atoms with Gasteiger partial charge in [0.25, 0.3) is 17.4 Å². The first-order valence-electron chi connectivity index (χ1n) is 8.67. The minimum absolute atomic E-state index is 0.250. The Hall–Kier alpha value is -3.68. The van der Waals surface area contributed by atoms with E-state index >= 15 is 0 Å². The quantitative estimate of drug-likeness (QED) is 0.649. The van der Waals surface area contributed by atoms with Crippen LogP contribution >= 0.6 is 0 Å². The van der Waals surface area contributed by atoms with Gasteiger partial charge in [0.2, 0.25) is 0 Å². The molecule has 3 rings (SSSR count). The van der Waals surface area contributed by atoms with E-state index in [2.05, 4.69) is 15.8 Å². The summed E-state index contributed by atoms with van der Waals surface area (Å²) in [7, 11) is 0. The fraction of sp³-hybridized carbons (Fsp3) is 0.200. The van der Waals surface area contributed by atoms with E-state index in [0.717, 1.165) is 5.56 Å². The molecular formula is C20H20N4O4. The van der Waals surface area contributed by atoms with Crippen LogP contribution in [-0.2, 0) is 16.1 Å². The number of aromatic nitrogens is 2. The van der Waals surface area contributed by atoms with Crippen LogP contribution < -0.4 is 21.1 Å². The van der Waals surface area contributed by atoms with Crippen molar-refractivity contribution in [2.45, 2.75) is 20.4 Å². The van der Waals surface area contributed by atoms with E-state index in [9.17, 15) is 14.4 Å². The van der Waals surface area contributed by atoms with Crippen molar-refractivity contribution in [2.24, 2.45) is 0 Å². The van der Waals surface area contributed by atoms with Crippen LogP contribution in [0.1, 0.15) is 11.4 Å². The third-order valence-corrected chi connectivity index (χ3v) is 4.06. The van der Waals surface area contributed by atoms with Gasteiger partial charge in [0, 0.05) is 0 Å². The van der Waals surface area contributed by atoms with Gasteiger partial charge >= 0.3 is 0 Å². The molecule has 2 aromatic carbocycles. The SMILES string of the molecule is Cc1cccc(OCC(=O)NNC(=O)Cn2c(C)nc3ccccc3c2=O)c1. The number of carbonyl (C=O) groups excluding carboxylic acids is 2. The van der Waals surface area contributed by atoms with Gasteiger partial charge in [-0.3, -0.25) is 29.8 Å². The van der Waals surface area contributed by atoms with E-state index in [1.807, 2.05) is 19.1 Å². The number of ether oxygens (including phenoxy) is 1. The second kappa shape index (κ2) is 8.34. The van der Waals surface area contributed by atoms with Crippen molar-refractivity contribution in [2.75, 3.05) is 6.61 Å². The van der Waals surface area contributed by atoms with Gasteiger partial charge in [-0.15, -0.1) is 0 Å². The van der Waals surface area contributed by atoms with Gasteiger partial charge in [0.1, 0.15) is 18.1 Å². The molecule has 0 aliphatic carbocycles. The van der Waals surface area contributed by atoms with Gasteiger partial charge in [-0.2, -0.15) is 0 Å². The van der Waals surface area contributed by atoms with E-state index in [-0.39, 0.29) is 18.7 Å². The number of hydrogen-bond acceptors (Lipinski definition) is 5. The van der Waals surface area contributed by atoms with E-state index in [0.29, 0.717) is 22.5 Å². The summed E-state index contributed by atoms with van der Waals surface area (Å²) in [4.78, 5) is 40.8. The number of para-hydroxylation sites is 1. The lowest BCUT2D eigenvalue weighted by Gasteiger charge is -2.12. The highest BCUT2D eigenvalue weighted by Gasteiger charge is 2.12. The summed E-state index contributed by atoms with van der Waals surface area (Å²) >= 11 is 0. The van der Waals surface area contributed by atoms with Crippen molar-refractivity contribution in [1.29, 1.82) is 0 Å². The molecule has 3 aromatic rings. The Bertz CT molecular complexity index is 1090. The Morgan fingerprint density at radius 3 is 2.57 bits per heavy atom. The highest BCUT2D eigenvalue weighted by Crippen LogP contribution is 2.11. The molecule has 0 fully saturated rings.